The van der Waals surface area contributed by atoms with Gasteiger partial charge in [-0.3, -0.25) is 9.59 Å². The zero-order valence-electron chi connectivity index (χ0n) is 14.6. The molecule has 3 rings (SSSR count). The summed E-state index contributed by atoms with van der Waals surface area (Å²) in [5.41, 5.74) is 4.17. The first-order chi connectivity index (χ1) is 12.1. The molecule has 0 aliphatic heterocycles. The lowest BCUT2D eigenvalue weighted by atomic mass is 9.73. The quantitative estimate of drug-likeness (QED) is 0.618. The van der Waals surface area contributed by atoms with Crippen LogP contribution in [0.2, 0.25) is 0 Å². The van der Waals surface area contributed by atoms with Gasteiger partial charge in [0.05, 0.1) is 6.61 Å². The first kappa shape index (κ1) is 17.2. The SMILES string of the molecule is CCOC(=O)[C@@H]1C(=O)C=C(c2ccc(C)cc2)C[C@H]1c1ccccc1. The van der Waals surface area contributed by atoms with E-state index in [2.05, 4.69) is 0 Å². The highest BCUT2D eigenvalue weighted by Gasteiger charge is 2.39. The van der Waals surface area contributed by atoms with Gasteiger partial charge in [0.15, 0.2) is 5.78 Å². The average Bonchev–Trinajstić information content (AvgIpc) is 2.62. The standard InChI is InChI=1S/C22H22O3/c1-3-25-22(24)21-19(17-7-5-4-6-8-17)13-18(14-20(21)23)16-11-9-15(2)10-12-16/h4-12,14,19,21H,3,13H2,1-2H3/t19-,21-/m0/s1. The van der Waals surface area contributed by atoms with Crippen molar-refractivity contribution >= 4 is 17.3 Å². The summed E-state index contributed by atoms with van der Waals surface area (Å²) in [4.78, 5) is 25.2. The summed E-state index contributed by atoms with van der Waals surface area (Å²) in [6.45, 7) is 4.07. The zero-order valence-corrected chi connectivity index (χ0v) is 14.6. The number of hydrogen-bond acceptors (Lipinski definition) is 3. The molecule has 0 saturated heterocycles. The molecule has 2 aromatic carbocycles. The number of allylic oxidation sites excluding steroid dienone is 2. The molecule has 128 valence electrons. The number of ether oxygens (including phenoxy) is 1. The second-order valence-electron chi connectivity index (χ2n) is 6.39. The smallest absolute Gasteiger partial charge is 0.317 e. The largest absolute Gasteiger partial charge is 0.465 e. The van der Waals surface area contributed by atoms with Gasteiger partial charge in [-0.25, -0.2) is 0 Å². The Bertz CT molecular complexity index is 788. The van der Waals surface area contributed by atoms with E-state index in [0.717, 1.165) is 16.7 Å². The van der Waals surface area contributed by atoms with E-state index >= 15 is 0 Å². The molecule has 1 aliphatic rings. The molecule has 1 aliphatic carbocycles. The monoisotopic (exact) mass is 334 g/mol. The lowest BCUT2D eigenvalue weighted by Crippen LogP contribution is -2.34. The summed E-state index contributed by atoms with van der Waals surface area (Å²) in [6, 6.07) is 17.9. The lowest BCUT2D eigenvalue weighted by molar-refractivity contribution is -0.151. The predicted octanol–water partition coefficient (Wildman–Crippen LogP) is 4.31. The normalized spacial score (nSPS) is 20.1. The number of ketones is 1. The molecule has 2 aromatic rings. The molecule has 0 aromatic heterocycles. The van der Waals surface area contributed by atoms with E-state index in [1.807, 2.05) is 61.5 Å². The van der Waals surface area contributed by atoms with Gasteiger partial charge in [-0.2, -0.15) is 0 Å². The molecule has 0 unspecified atom stereocenters. The van der Waals surface area contributed by atoms with Crippen LogP contribution in [0.15, 0.2) is 60.7 Å². The molecular weight excluding hydrogens is 312 g/mol. The van der Waals surface area contributed by atoms with Crippen molar-refractivity contribution in [2.45, 2.75) is 26.2 Å². The number of esters is 1. The second kappa shape index (κ2) is 7.47. The van der Waals surface area contributed by atoms with E-state index in [9.17, 15) is 9.59 Å². The number of carbonyl (C=O) groups excluding carboxylic acids is 2. The third kappa shape index (κ3) is 3.71. The molecular formula is C22H22O3. The number of hydrogen-bond donors (Lipinski definition) is 0. The van der Waals surface area contributed by atoms with Crippen LogP contribution in [-0.4, -0.2) is 18.4 Å². The maximum atomic E-state index is 12.8. The van der Waals surface area contributed by atoms with Crippen LogP contribution in [0.25, 0.3) is 5.57 Å². The number of aryl methyl sites for hydroxylation is 1. The Morgan fingerprint density at radius 2 is 1.76 bits per heavy atom. The topological polar surface area (TPSA) is 43.4 Å². The van der Waals surface area contributed by atoms with Gasteiger partial charge in [0.1, 0.15) is 5.92 Å². The molecule has 0 N–H and O–H groups in total. The van der Waals surface area contributed by atoms with Crippen LogP contribution >= 0.6 is 0 Å². The molecule has 0 amide bonds. The van der Waals surface area contributed by atoms with Crippen molar-refractivity contribution in [3.63, 3.8) is 0 Å². The van der Waals surface area contributed by atoms with Crippen molar-refractivity contribution in [3.8, 4) is 0 Å². The highest BCUT2D eigenvalue weighted by atomic mass is 16.5. The maximum Gasteiger partial charge on any atom is 0.317 e. The van der Waals surface area contributed by atoms with Crippen molar-refractivity contribution in [1.29, 1.82) is 0 Å². The minimum Gasteiger partial charge on any atom is -0.465 e. The predicted molar refractivity (Wildman–Crippen MR) is 98.1 cm³/mol. The molecule has 0 bridgehead atoms. The lowest BCUT2D eigenvalue weighted by Gasteiger charge is -2.29. The van der Waals surface area contributed by atoms with Crippen LogP contribution < -0.4 is 0 Å². The second-order valence-corrected chi connectivity index (χ2v) is 6.39. The first-order valence-electron chi connectivity index (χ1n) is 8.63. The summed E-state index contributed by atoms with van der Waals surface area (Å²) >= 11 is 0. The molecule has 0 fully saturated rings. The summed E-state index contributed by atoms with van der Waals surface area (Å²) in [7, 11) is 0. The van der Waals surface area contributed by atoms with Crippen LogP contribution in [-0.2, 0) is 14.3 Å². The third-order valence-corrected chi connectivity index (χ3v) is 4.66. The van der Waals surface area contributed by atoms with Crippen LogP contribution in [0.5, 0.6) is 0 Å². The fourth-order valence-electron chi connectivity index (χ4n) is 3.37. The van der Waals surface area contributed by atoms with E-state index in [1.54, 1.807) is 13.0 Å². The van der Waals surface area contributed by atoms with Crippen LogP contribution in [0.4, 0.5) is 0 Å². The molecule has 0 spiro atoms. The fourth-order valence-corrected chi connectivity index (χ4v) is 3.37. The molecule has 3 heteroatoms. The van der Waals surface area contributed by atoms with Gasteiger partial charge in [-0.05, 0) is 43.0 Å². The van der Waals surface area contributed by atoms with Gasteiger partial charge in [0.25, 0.3) is 0 Å². The van der Waals surface area contributed by atoms with E-state index < -0.39 is 11.9 Å². The fraction of sp³-hybridized carbons (Fsp3) is 0.273. The van der Waals surface area contributed by atoms with Crippen molar-refractivity contribution in [1.82, 2.24) is 0 Å². The van der Waals surface area contributed by atoms with Gasteiger partial charge in [0, 0.05) is 5.92 Å². The van der Waals surface area contributed by atoms with Crippen molar-refractivity contribution in [2.24, 2.45) is 5.92 Å². The Kier molecular flexibility index (Phi) is 5.13. The molecule has 2 atom stereocenters. The minimum atomic E-state index is -0.767. The molecule has 25 heavy (non-hydrogen) atoms. The molecule has 0 saturated carbocycles. The third-order valence-electron chi connectivity index (χ3n) is 4.66. The Morgan fingerprint density at radius 3 is 2.40 bits per heavy atom. The highest BCUT2D eigenvalue weighted by molar-refractivity contribution is 6.10. The Labute approximate surface area is 148 Å². The van der Waals surface area contributed by atoms with Gasteiger partial charge >= 0.3 is 5.97 Å². The van der Waals surface area contributed by atoms with Gasteiger partial charge in [-0.15, -0.1) is 0 Å². The maximum absolute atomic E-state index is 12.8. The van der Waals surface area contributed by atoms with Crippen molar-refractivity contribution in [3.05, 3.63) is 77.4 Å². The van der Waals surface area contributed by atoms with E-state index in [0.29, 0.717) is 6.42 Å². The number of benzene rings is 2. The Hall–Kier alpha value is -2.68. The van der Waals surface area contributed by atoms with Crippen LogP contribution in [0.3, 0.4) is 0 Å². The van der Waals surface area contributed by atoms with Gasteiger partial charge in [-0.1, -0.05) is 60.2 Å². The van der Waals surface area contributed by atoms with Gasteiger partial charge in [0.2, 0.25) is 0 Å². The van der Waals surface area contributed by atoms with Crippen LogP contribution in [0.1, 0.15) is 36.0 Å². The molecule has 0 radical (unpaired) electrons. The van der Waals surface area contributed by atoms with Gasteiger partial charge < -0.3 is 4.74 Å². The minimum absolute atomic E-state index is 0.172. The zero-order chi connectivity index (χ0) is 17.8. The van der Waals surface area contributed by atoms with Crippen LogP contribution in [0, 0.1) is 12.8 Å². The van der Waals surface area contributed by atoms with E-state index in [-0.39, 0.29) is 18.3 Å². The summed E-state index contributed by atoms with van der Waals surface area (Å²) < 4.78 is 5.17. The first-order valence-corrected chi connectivity index (χ1v) is 8.63. The molecule has 3 nitrogen and oxygen atoms in total. The van der Waals surface area contributed by atoms with E-state index in [4.69, 9.17) is 4.74 Å². The summed E-state index contributed by atoms with van der Waals surface area (Å²) in [6.07, 6.45) is 2.26. The van der Waals surface area contributed by atoms with E-state index in [1.165, 1.54) is 5.56 Å². The average molecular weight is 334 g/mol. The Balaban J connectivity index is 2.00. The summed E-state index contributed by atoms with van der Waals surface area (Å²) in [5.74, 6) is -1.57. The summed E-state index contributed by atoms with van der Waals surface area (Å²) in [5, 5.41) is 0. The highest BCUT2D eigenvalue weighted by Crippen LogP contribution is 2.40. The number of carbonyl (C=O) groups is 2. The van der Waals surface area contributed by atoms with Crippen molar-refractivity contribution in [2.75, 3.05) is 6.61 Å². The molecule has 0 heterocycles. The van der Waals surface area contributed by atoms with Crippen molar-refractivity contribution < 1.29 is 14.3 Å². The number of rotatable bonds is 4. The Morgan fingerprint density at radius 1 is 1.08 bits per heavy atom.